The van der Waals surface area contributed by atoms with Crippen molar-refractivity contribution in [2.75, 3.05) is 40.9 Å². The zero-order valence-electron chi connectivity index (χ0n) is 46.6. The van der Waals surface area contributed by atoms with Gasteiger partial charge in [-0.25, -0.2) is 4.57 Å². The van der Waals surface area contributed by atoms with Crippen molar-refractivity contribution < 1.29 is 32.9 Å². The van der Waals surface area contributed by atoms with Gasteiger partial charge in [0.15, 0.2) is 0 Å². The van der Waals surface area contributed by atoms with Gasteiger partial charge in [-0.05, 0) is 44.9 Å². The van der Waals surface area contributed by atoms with Crippen LogP contribution in [-0.2, 0) is 18.4 Å². The molecule has 0 aromatic heterocycles. The van der Waals surface area contributed by atoms with E-state index in [1.807, 2.05) is 21.1 Å². The largest absolute Gasteiger partial charge is 0.472 e. The van der Waals surface area contributed by atoms with Crippen LogP contribution in [-0.4, -0.2) is 73.4 Å². The number of carbonyl (C=O) groups excluding carboxylic acids is 1. The molecule has 0 saturated carbocycles. The number of carbonyl (C=O) groups is 1. The van der Waals surface area contributed by atoms with Gasteiger partial charge in [0.1, 0.15) is 13.2 Å². The Bertz CT molecular complexity index is 1220. The van der Waals surface area contributed by atoms with Gasteiger partial charge in [0.25, 0.3) is 0 Å². The summed E-state index contributed by atoms with van der Waals surface area (Å²) in [4.78, 5) is 23.3. The van der Waals surface area contributed by atoms with Crippen molar-refractivity contribution in [2.24, 2.45) is 0 Å². The number of allylic oxidation sites excluding steroid dienone is 6. The molecule has 0 saturated heterocycles. The van der Waals surface area contributed by atoms with E-state index in [2.05, 4.69) is 55.6 Å². The molecule has 69 heavy (non-hydrogen) atoms. The Kier molecular flexibility index (Phi) is 50.7. The molecule has 1 amide bonds. The number of aliphatic hydroxyl groups is 1. The summed E-state index contributed by atoms with van der Waals surface area (Å²) in [5.74, 6) is -0.159. The first-order chi connectivity index (χ1) is 33.5. The van der Waals surface area contributed by atoms with Crippen LogP contribution in [0.1, 0.15) is 290 Å². The van der Waals surface area contributed by atoms with Gasteiger partial charge < -0.3 is 19.8 Å². The molecular formula is C60H118N2O6P+. The number of nitrogens with one attached hydrogen (secondary N) is 1. The van der Waals surface area contributed by atoms with Gasteiger partial charge >= 0.3 is 7.82 Å². The van der Waals surface area contributed by atoms with Crippen LogP contribution >= 0.6 is 7.82 Å². The minimum Gasteiger partial charge on any atom is -0.391 e. The number of hydrogen-bond donors (Lipinski definition) is 3. The standard InChI is InChI=1S/C60H117N2O6P/c1-6-8-10-12-14-16-18-20-22-23-24-25-26-27-28-29-30-31-32-33-34-35-36-37-38-40-41-43-45-47-49-51-53-59(63)58(57-68-69(65,66)67-56-55-62(3,4)5)61-60(64)54-52-50-48-46-44-42-39-21-19-17-15-13-11-9-7-2/h9,11,15,17,21,39,58-59,63H,6-8,10,12-14,16,18-20,22-38,40-57H2,1-5H3,(H-,61,64,65,66)/p+1/b11-9-,17-15-,39-21-. The van der Waals surface area contributed by atoms with Gasteiger partial charge in [0.2, 0.25) is 5.91 Å². The lowest BCUT2D eigenvalue weighted by atomic mass is 10.0. The van der Waals surface area contributed by atoms with Crippen molar-refractivity contribution in [3.63, 3.8) is 0 Å². The third-order valence-corrected chi connectivity index (χ3v) is 14.6. The molecule has 0 fully saturated rings. The molecule has 0 heterocycles. The first-order valence-corrected chi connectivity index (χ1v) is 31.3. The van der Waals surface area contributed by atoms with Crippen LogP contribution in [0.25, 0.3) is 0 Å². The maximum Gasteiger partial charge on any atom is 0.472 e. The van der Waals surface area contributed by atoms with Gasteiger partial charge in [0, 0.05) is 6.42 Å². The Morgan fingerprint density at radius 1 is 0.507 bits per heavy atom. The maximum absolute atomic E-state index is 13.0. The number of phosphoric acid groups is 1. The molecule has 0 rings (SSSR count). The Balaban J connectivity index is 4.01. The molecular weight excluding hydrogens is 876 g/mol. The first kappa shape index (κ1) is 67.7. The zero-order chi connectivity index (χ0) is 50.6. The van der Waals surface area contributed by atoms with Gasteiger partial charge in [-0.3, -0.25) is 13.8 Å². The van der Waals surface area contributed by atoms with Gasteiger partial charge in [-0.15, -0.1) is 0 Å². The highest BCUT2D eigenvalue weighted by atomic mass is 31.2. The SMILES string of the molecule is CC/C=C\C/C=C\C/C=C\CCCCCCCC(=O)NC(COP(=O)(O)OCC[N+](C)(C)C)C(O)CCCCCCCCCCCCCCCCCCCCCCCCCCCCCCCCCC. The van der Waals surface area contributed by atoms with Crippen LogP contribution in [0.3, 0.4) is 0 Å². The maximum atomic E-state index is 13.0. The van der Waals surface area contributed by atoms with Crippen LogP contribution in [0.2, 0.25) is 0 Å². The minimum atomic E-state index is -4.33. The number of quaternary nitrogens is 1. The smallest absolute Gasteiger partial charge is 0.391 e. The minimum absolute atomic E-state index is 0.0708. The summed E-state index contributed by atoms with van der Waals surface area (Å²) in [7, 11) is 1.61. The summed E-state index contributed by atoms with van der Waals surface area (Å²) in [6.45, 7) is 4.79. The molecule has 0 aliphatic carbocycles. The third kappa shape index (κ3) is 54.3. The van der Waals surface area contributed by atoms with Crippen molar-refractivity contribution in [2.45, 2.75) is 302 Å². The Morgan fingerprint density at radius 2 is 0.870 bits per heavy atom. The fourth-order valence-electron chi connectivity index (χ4n) is 9.01. The molecule has 0 radical (unpaired) electrons. The van der Waals surface area contributed by atoms with Crippen molar-refractivity contribution in [1.82, 2.24) is 5.32 Å². The van der Waals surface area contributed by atoms with E-state index in [0.717, 1.165) is 77.0 Å². The number of aliphatic hydroxyl groups excluding tert-OH is 1. The summed E-state index contributed by atoms with van der Waals surface area (Å²) < 4.78 is 23.8. The van der Waals surface area contributed by atoms with Crippen LogP contribution < -0.4 is 5.32 Å². The molecule has 3 unspecified atom stereocenters. The molecule has 3 atom stereocenters. The van der Waals surface area contributed by atoms with Crippen molar-refractivity contribution in [3.05, 3.63) is 36.5 Å². The lowest BCUT2D eigenvalue weighted by molar-refractivity contribution is -0.870. The lowest BCUT2D eigenvalue weighted by Crippen LogP contribution is -2.46. The van der Waals surface area contributed by atoms with E-state index in [1.54, 1.807) is 0 Å². The number of phosphoric ester groups is 1. The molecule has 408 valence electrons. The number of likely N-dealkylation sites (N-methyl/N-ethyl adjacent to an activating group) is 1. The number of amides is 1. The number of hydrogen-bond acceptors (Lipinski definition) is 5. The third-order valence-electron chi connectivity index (χ3n) is 13.7. The normalized spacial score (nSPS) is 14.1. The second-order valence-corrected chi connectivity index (χ2v) is 23.2. The first-order valence-electron chi connectivity index (χ1n) is 29.9. The monoisotopic (exact) mass is 994 g/mol. The molecule has 9 heteroatoms. The highest BCUT2D eigenvalue weighted by Gasteiger charge is 2.28. The average Bonchev–Trinajstić information content (AvgIpc) is 3.31. The fourth-order valence-corrected chi connectivity index (χ4v) is 9.74. The van der Waals surface area contributed by atoms with E-state index in [4.69, 9.17) is 9.05 Å². The van der Waals surface area contributed by atoms with Gasteiger partial charge in [0.05, 0.1) is 39.9 Å². The van der Waals surface area contributed by atoms with Gasteiger partial charge in [-0.1, -0.05) is 275 Å². The van der Waals surface area contributed by atoms with E-state index >= 15 is 0 Å². The van der Waals surface area contributed by atoms with Crippen LogP contribution in [0.4, 0.5) is 0 Å². The molecule has 8 nitrogen and oxygen atoms in total. The van der Waals surface area contributed by atoms with Crippen molar-refractivity contribution in [3.8, 4) is 0 Å². The predicted octanol–water partition coefficient (Wildman–Crippen LogP) is 18.2. The van der Waals surface area contributed by atoms with Crippen LogP contribution in [0.5, 0.6) is 0 Å². The zero-order valence-corrected chi connectivity index (χ0v) is 47.5. The van der Waals surface area contributed by atoms with Crippen LogP contribution in [0.15, 0.2) is 36.5 Å². The molecule has 0 aromatic carbocycles. The van der Waals surface area contributed by atoms with E-state index in [0.29, 0.717) is 23.9 Å². The Morgan fingerprint density at radius 3 is 1.28 bits per heavy atom. The second kappa shape index (κ2) is 51.6. The molecule has 3 N–H and O–H groups in total. The predicted molar refractivity (Wildman–Crippen MR) is 300 cm³/mol. The lowest BCUT2D eigenvalue weighted by Gasteiger charge is -2.26. The van der Waals surface area contributed by atoms with Crippen molar-refractivity contribution >= 4 is 13.7 Å². The topological polar surface area (TPSA) is 105 Å². The van der Waals surface area contributed by atoms with E-state index in [-0.39, 0.29) is 19.1 Å². The molecule has 0 aliphatic heterocycles. The second-order valence-electron chi connectivity index (χ2n) is 21.7. The summed E-state index contributed by atoms with van der Waals surface area (Å²) in [5, 5.41) is 14.1. The van der Waals surface area contributed by atoms with Gasteiger partial charge in [-0.2, -0.15) is 0 Å². The molecule has 0 spiro atoms. The number of nitrogens with zero attached hydrogens (tertiary/aromatic N) is 1. The quantitative estimate of drug-likeness (QED) is 0.0243. The van der Waals surface area contributed by atoms with Crippen LogP contribution in [0, 0.1) is 0 Å². The summed E-state index contributed by atoms with van der Waals surface area (Å²) in [6.07, 6.45) is 66.6. The van der Waals surface area contributed by atoms with E-state index < -0.39 is 20.0 Å². The average molecular weight is 995 g/mol. The fraction of sp³-hybridized carbons (Fsp3) is 0.883. The number of unbranched alkanes of at least 4 members (excludes halogenated alkanes) is 36. The Hall–Kier alpha value is -1.28. The summed E-state index contributed by atoms with van der Waals surface area (Å²) in [5.41, 5.74) is 0. The number of rotatable bonds is 55. The highest BCUT2D eigenvalue weighted by molar-refractivity contribution is 7.47. The molecule has 0 bridgehead atoms. The highest BCUT2D eigenvalue weighted by Crippen LogP contribution is 2.43. The molecule has 0 aromatic rings. The Labute approximate surface area is 429 Å². The summed E-state index contributed by atoms with van der Waals surface area (Å²) in [6, 6.07) is -0.771. The van der Waals surface area contributed by atoms with Crippen molar-refractivity contribution in [1.29, 1.82) is 0 Å². The van der Waals surface area contributed by atoms with E-state index in [9.17, 15) is 19.4 Å². The summed E-state index contributed by atoms with van der Waals surface area (Å²) >= 11 is 0. The molecule has 0 aliphatic rings. The van der Waals surface area contributed by atoms with E-state index in [1.165, 1.54) is 186 Å².